The quantitative estimate of drug-likeness (QED) is 0.912. The summed E-state index contributed by atoms with van der Waals surface area (Å²) in [5.74, 6) is 1.44. The van der Waals surface area contributed by atoms with Crippen molar-refractivity contribution in [2.45, 2.75) is 44.6 Å². The molecule has 0 radical (unpaired) electrons. The summed E-state index contributed by atoms with van der Waals surface area (Å²) in [5.41, 5.74) is 1.44. The zero-order valence-electron chi connectivity index (χ0n) is 12.7. The van der Waals surface area contributed by atoms with Gasteiger partial charge in [-0.3, -0.25) is 0 Å². The van der Waals surface area contributed by atoms with Crippen LogP contribution < -0.4 is 4.74 Å². The minimum absolute atomic E-state index is 0.550. The Kier molecular flexibility index (Phi) is 3.76. The monoisotopic (exact) mass is 303 g/mol. The van der Waals surface area contributed by atoms with Crippen LogP contribution in [0.15, 0.2) is 24.3 Å². The molecule has 0 atom stereocenters. The highest BCUT2D eigenvalue weighted by atomic mass is 32.1. The van der Waals surface area contributed by atoms with E-state index in [4.69, 9.17) is 9.72 Å². The highest BCUT2D eigenvalue weighted by molar-refractivity contribution is 7.11. The average molecular weight is 303 g/mol. The van der Waals surface area contributed by atoms with E-state index in [1.165, 1.54) is 12.8 Å². The molecule has 1 aliphatic carbocycles. The first-order valence-electron chi connectivity index (χ1n) is 7.33. The Labute approximate surface area is 129 Å². The fourth-order valence-corrected chi connectivity index (χ4v) is 3.71. The van der Waals surface area contributed by atoms with Gasteiger partial charge in [0.05, 0.1) is 28.3 Å². The first-order chi connectivity index (χ1) is 9.99. The van der Waals surface area contributed by atoms with Crippen molar-refractivity contribution in [1.82, 2.24) is 4.98 Å². The maximum Gasteiger partial charge on any atom is 0.122 e. The Morgan fingerprint density at radius 2 is 2.05 bits per heavy atom. The Morgan fingerprint density at radius 1 is 1.33 bits per heavy atom. The molecule has 0 aliphatic heterocycles. The van der Waals surface area contributed by atoms with Crippen LogP contribution in [0.3, 0.4) is 0 Å². The van der Waals surface area contributed by atoms with E-state index >= 15 is 0 Å². The Hall–Kier alpha value is -1.39. The molecule has 1 fully saturated rings. The standard InChI is InChI=1S/C17H21NO2S/c1-17(2,19)16-15(11-8-9-11)18-14(21-16)10-12-6-4-5-7-13(12)20-3/h4-7,11,19H,8-10H2,1-3H3. The molecule has 1 aliphatic rings. The van der Waals surface area contributed by atoms with Gasteiger partial charge in [0.2, 0.25) is 0 Å². The zero-order chi connectivity index (χ0) is 15.0. The van der Waals surface area contributed by atoms with Crippen molar-refractivity contribution in [3.63, 3.8) is 0 Å². The number of nitrogens with zero attached hydrogens (tertiary/aromatic N) is 1. The molecule has 0 amide bonds. The predicted molar refractivity (Wildman–Crippen MR) is 85.1 cm³/mol. The summed E-state index contributed by atoms with van der Waals surface area (Å²) < 4.78 is 5.41. The van der Waals surface area contributed by atoms with Crippen LogP contribution in [0.1, 0.15) is 53.7 Å². The molecule has 2 aromatic rings. The van der Waals surface area contributed by atoms with Crippen molar-refractivity contribution in [2.75, 3.05) is 7.11 Å². The van der Waals surface area contributed by atoms with Gasteiger partial charge in [-0.2, -0.15) is 0 Å². The second-order valence-corrected chi connectivity index (χ2v) is 7.23. The molecule has 112 valence electrons. The lowest BCUT2D eigenvalue weighted by molar-refractivity contribution is 0.0813. The van der Waals surface area contributed by atoms with E-state index in [9.17, 15) is 5.11 Å². The summed E-state index contributed by atoms with van der Waals surface area (Å²) in [6.07, 6.45) is 3.15. The van der Waals surface area contributed by atoms with Crippen LogP contribution in [-0.4, -0.2) is 17.2 Å². The molecule has 1 N–H and O–H groups in total. The van der Waals surface area contributed by atoms with Crippen LogP contribution in [0.4, 0.5) is 0 Å². The van der Waals surface area contributed by atoms with Crippen LogP contribution in [-0.2, 0) is 12.0 Å². The first-order valence-corrected chi connectivity index (χ1v) is 8.15. The highest BCUT2D eigenvalue weighted by Crippen LogP contribution is 2.45. The number of thiazole rings is 1. The summed E-state index contributed by atoms with van der Waals surface area (Å²) in [6, 6.07) is 8.04. The third-order valence-corrected chi connectivity index (χ3v) is 5.14. The fourth-order valence-electron chi connectivity index (χ4n) is 2.54. The Balaban J connectivity index is 1.93. The van der Waals surface area contributed by atoms with Gasteiger partial charge in [0.15, 0.2) is 0 Å². The lowest BCUT2D eigenvalue weighted by atomic mass is 10.0. The molecule has 0 unspecified atom stereocenters. The smallest absolute Gasteiger partial charge is 0.122 e. The maximum absolute atomic E-state index is 10.4. The van der Waals surface area contributed by atoms with E-state index < -0.39 is 5.60 Å². The number of hydrogen-bond acceptors (Lipinski definition) is 4. The van der Waals surface area contributed by atoms with Gasteiger partial charge in [-0.1, -0.05) is 18.2 Å². The molecular formula is C17H21NO2S. The number of para-hydroxylation sites is 1. The fraction of sp³-hybridized carbons (Fsp3) is 0.471. The number of hydrogen-bond donors (Lipinski definition) is 1. The van der Waals surface area contributed by atoms with E-state index in [1.54, 1.807) is 18.4 Å². The van der Waals surface area contributed by atoms with Crippen molar-refractivity contribution < 1.29 is 9.84 Å². The maximum atomic E-state index is 10.4. The van der Waals surface area contributed by atoms with Crippen molar-refractivity contribution in [3.8, 4) is 5.75 Å². The number of aromatic nitrogens is 1. The van der Waals surface area contributed by atoms with E-state index in [-0.39, 0.29) is 0 Å². The number of ether oxygens (including phenoxy) is 1. The lowest BCUT2D eigenvalue weighted by Gasteiger charge is -2.16. The molecule has 0 saturated heterocycles. The van der Waals surface area contributed by atoms with Gasteiger partial charge in [-0.15, -0.1) is 11.3 Å². The van der Waals surface area contributed by atoms with E-state index in [1.807, 2.05) is 32.0 Å². The molecule has 0 bridgehead atoms. The predicted octanol–water partition coefficient (Wildman–Crippen LogP) is 3.85. The van der Waals surface area contributed by atoms with Crippen molar-refractivity contribution >= 4 is 11.3 Å². The molecule has 1 aromatic carbocycles. The van der Waals surface area contributed by atoms with Gasteiger partial charge in [0, 0.05) is 17.9 Å². The van der Waals surface area contributed by atoms with Gasteiger partial charge in [-0.25, -0.2) is 4.98 Å². The lowest BCUT2D eigenvalue weighted by Crippen LogP contribution is -2.15. The molecule has 1 aromatic heterocycles. The number of rotatable bonds is 5. The summed E-state index contributed by atoms with van der Waals surface area (Å²) in [5, 5.41) is 11.4. The summed E-state index contributed by atoms with van der Waals surface area (Å²) in [6.45, 7) is 3.69. The van der Waals surface area contributed by atoms with Crippen LogP contribution >= 0.6 is 11.3 Å². The number of aliphatic hydroxyl groups is 1. The summed E-state index contributed by atoms with van der Waals surface area (Å²) in [7, 11) is 1.69. The Bertz CT molecular complexity index is 638. The van der Waals surface area contributed by atoms with Crippen LogP contribution in [0.25, 0.3) is 0 Å². The second kappa shape index (κ2) is 5.43. The largest absolute Gasteiger partial charge is 0.496 e. The molecule has 1 heterocycles. The Morgan fingerprint density at radius 3 is 2.67 bits per heavy atom. The minimum atomic E-state index is -0.811. The van der Waals surface area contributed by atoms with Crippen LogP contribution in [0, 0.1) is 0 Å². The van der Waals surface area contributed by atoms with Crippen molar-refractivity contribution in [3.05, 3.63) is 45.4 Å². The third-order valence-electron chi connectivity index (χ3n) is 3.75. The van der Waals surface area contributed by atoms with E-state index in [2.05, 4.69) is 6.07 Å². The van der Waals surface area contributed by atoms with Crippen molar-refractivity contribution in [2.24, 2.45) is 0 Å². The molecular weight excluding hydrogens is 282 g/mol. The topological polar surface area (TPSA) is 42.4 Å². The molecule has 4 heteroatoms. The summed E-state index contributed by atoms with van der Waals surface area (Å²) >= 11 is 1.63. The average Bonchev–Trinajstić information content (AvgIpc) is 3.19. The van der Waals surface area contributed by atoms with Crippen LogP contribution in [0.2, 0.25) is 0 Å². The van der Waals surface area contributed by atoms with Gasteiger partial charge < -0.3 is 9.84 Å². The molecule has 21 heavy (non-hydrogen) atoms. The second-order valence-electron chi connectivity index (χ2n) is 6.14. The van der Waals surface area contributed by atoms with E-state index in [0.29, 0.717) is 5.92 Å². The van der Waals surface area contributed by atoms with Gasteiger partial charge >= 0.3 is 0 Å². The number of benzene rings is 1. The number of methoxy groups -OCH3 is 1. The first kappa shape index (κ1) is 14.5. The molecule has 3 rings (SSSR count). The normalized spacial score (nSPS) is 15.2. The molecule has 1 saturated carbocycles. The van der Waals surface area contributed by atoms with Gasteiger partial charge in [0.25, 0.3) is 0 Å². The van der Waals surface area contributed by atoms with E-state index in [0.717, 1.165) is 33.3 Å². The van der Waals surface area contributed by atoms with Gasteiger partial charge in [-0.05, 0) is 32.8 Å². The van der Waals surface area contributed by atoms with Gasteiger partial charge in [0.1, 0.15) is 5.75 Å². The minimum Gasteiger partial charge on any atom is -0.496 e. The summed E-state index contributed by atoms with van der Waals surface area (Å²) in [4.78, 5) is 5.84. The van der Waals surface area contributed by atoms with Crippen LogP contribution in [0.5, 0.6) is 5.75 Å². The molecule has 0 spiro atoms. The van der Waals surface area contributed by atoms with Crippen molar-refractivity contribution in [1.29, 1.82) is 0 Å². The zero-order valence-corrected chi connectivity index (χ0v) is 13.5. The SMILES string of the molecule is COc1ccccc1Cc1nc(C2CC2)c(C(C)(C)O)s1. The highest BCUT2D eigenvalue weighted by Gasteiger charge is 2.34. The molecule has 3 nitrogen and oxygen atoms in total. The third kappa shape index (κ3) is 3.11.